The Hall–Kier alpha value is -2.84. The lowest BCUT2D eigenvalue weighted by molar-refractivity contribution is -0.143. The molecule has 0 atom stereocenters. The van der Waals surface area contributed by atoms with Gasteiger partial charge in [-0.3, -0.25) is 0 Å². The van der Waals surface area contributed by atoms with Crippen LogP contribution in [0, 0.1) is 12.3 Å². The lowest BCUT2D eigenvalue weighted by atomic mass is 10.1. The Balaban J connectivity index is 2.74. The molecule has 0 aliphatic rings. The summed E-state index contributed by atoms with van der Waals surface area (Å²) in [4.78, 5) is 0. The molecule has 27 heavy (non-hydrogen) atoms. The van der Waals surface area contributed by atoms with E-state index in [1.807, 2.05) is 5.92 Å². The van der Waals surface area contributed by atoms with Crippen molar-refractivity contribution in [1.29, 1.82) is 0 Å². The zero-order valence-electron chi connectivity index (χ0n) is 12.8. The Bertz CT molecular complexity index is 837. The fraction of sp³-hybridized carbons (Fsp3) is 0.267. The summed E-state index contributed by atoms with van der Waals surface area (Å²) < 4.78 is 121. The van der Waals surface area contributed by atoms with Crippen molar-refractivity contribution >= 4 is 0 Å². The van der Waals surface area contributed by atoms with Gasteiger partial charge in [0.2, 0.25) is 5.88 Å². The second-order valence-electron chi connectivity index (χ2n) is 5.03. The molecule has 0 unspecified atom stereocenters. The van der Waals surface area contributed by atoms with Gasteiger partial charge in [-0.15, -0.1) is 6.42 Å². The molecule has 1 heterocycles. The number of hydrogen-bond donors (Lipinski definition) is 0. The van der Waals surface area contributed by atoms with Gasteiger partial charge in [0, 0.05) is 0 Å². The molecule has 1 aromatic carbocycles. The van der Waals surface area contributed by atoms with Crippen molar-refractivity contribution in [3.05, 3.63) is 41.1 Å². The Morgan fingerprint density at radius 3 is 1.81 bits per heavy atom. The number of halogens is 9. The van der Waals surface area contributed by atoms with Gasteiger partial charge in [-0.2, -0.15) is 44.6 Å². The van der Waals surface area contributed by atoms with Gasteiger partial charge >= 0.3 is 18.5 Å². The van der Waals surface area contributed by atoms with Gasteiger partial charge in [-0.05, 0) is 18.2 Å². The minimum atomic E-state index is -5.18. The van der Waals surface area contributed by atoms with Crippen LogP contribution < -0.4 is 4.74 Å². The Kier molecular flexibility index (Phi) is 5.09. The molecule has 0 saturated heterocycles. The number of alkyl halides is 9. The summed E-state index contributed by atoms with van der Waals surface area (Å²) >= 11 is 0. The normalized spacial score (nSPS) is 12.7. The second-order valence-corrected chi connectivity index (χ2v) is 5.03. The molecule has 1 aromatic heterocycles. The molecule has 146 valence electrons. The SMILES string of the molecule is C#CCOc1c(C(F)(F)F)cnn1-c1cc(C(F)(F)F)cc(C(F)(F)F)c1. The van der Waals surface area contributed by atoms with Crippen molar-refractivity contribution in [3.63, 3.8) is 0 Å². The van der Waals surface area contributed by atoms with Gasteiger partial charge in [0.25, 0.3) is 0 Å². The van der Waals surface area contributed by atoms with Crippen molar-refractivity contribution < 1.29 is 44.3 Å². The second kappa shape index (κ2) is 6.71. The van der Waals surface area contributed by atoms with Gasteiger partial charge in [-0.1, -0.05) is 5.92 Å². The Morgan fingerprint density at radius 1 is 0.889 bits per heavy atom. The van der Waals surface area contributed by atoms with Crippen molar-refractivity contribution in [2.24, 2.45) is 0 Å². The van der Waals surface area contributed by atoms with E-state index in [1.54, 1.807) is 0 Å². The van der Waals surface area contributed by atoms with Crippen LogP contribution in [0.2, 0.25) is 0 Å². The quantitative estimate of drug-likeness (QED) is 0.537. The molecule has 0 radical (unpaired) electrons. The average molecular weight is 402 g/mol. The first-order chi connectivity index (χ1) is 12.2. The highest BCUT2D eigenvalue weighted by Crippen LogP contribution is 2.40. The number of rotatable bonds is 3. The van der Waals surface area contributed by atoms with E-state index in [0.717, 1.165) is 0 Å². The van der Waals surface area contributed by atoms with Gasteiger partial charge < -0.3 is 4.74 Å². The minimum Gasteiger partial charge on any atom is -0.464 e. The lowest BCUT2D eigenvalue weighted by Crippen LogP contribution is -2.14. The summed E-state index contributed by atoms with van der Waals surface area (Å²) in [5.41, 5.74) is -5.89. The highest BCUT2D eigenvalue weighted by atomic mass is 19.4. The summed E-state index contributed by atoms with van der Waals surface area (Å²) in [6.07, 6.45) is -10.3. The van der Waals surface area contributed by atoms with E-state index in [9.17, 15) is 39.5 Å². The monoisotopic (exact) mass is 402 g/mol. The molecule has 0 fully saturated rings. The maximum Gasteiger partial charge on any atom is 0.423 e. The van der Waals surface area contributed by atoms with Crippen LogP contribution in [0.4, 0.5) is 39.5 Å². The van der Waals surface area contributed by atoms with E-state index in [-0.39, 0.29) is 29.1 Å². The van der Waals surface area contributed by atoms with E-state index in [2.05, 4.69) is 9.84 Å². The van der Waals surface area contributed by atoms with E-state index in [1.165, 1.54) is 0 Å². The maximum atomic E-state index is 13.0. The van der Waals surface area contributed by atoms with Crippen LogP contribution >= 0.6 is 0 Å². The highest BCUT2D eigenvalue weighted by Gasteiger charge is 2.40. The van der Waals surface area contributed by atoms with E-state index in [0.29, 0.717) is 0 Å². The van der Waals surface area contributed by atoms with Crippen LogP contribution in [0.25, 0.3) is 5.69 Å². The Labute approximate surface area is 145 Å². The third-order valence-corrected chi connectivity index (χ3v) is 3.14. The van der Waals surface area contributed by atoms with Gasteiger partial charge in [0.1, 0.15) is 5.56 Å². The summed E-state index contributed by atoms with van der Waals surface area (Å²) in [7, 11) is 0. The predicted octanol–water partition coefficient (Wildman–Crippen LogP) is 4.94. The maximum absolute atomic E-state index is 13.0. The number of aromatic nitrogens is 2. The molecule has 3 nitrogen and oxygen atoms in total. The summed E-state index contributed by atoms with van der Waals surface area (Å²) in [6.45, 7) is -0.722. The molecule has 0 N–H and O–H groups in total. The van der Waals surface area contributed by atoms with E-state index < -0.39 is 53.4 Å². The van der Waals surface area contributed by atoms with Crippen LogP contribution in [-0.4, -0.2) is 16.4 Å². The topological polar surface area (TPSA) is 27.1 Å². The molecular weight excluding hydrogens is 395 g/mol. The predicted molar refractivity (Wildman–Crippen MR) is 72.9 cm³/mol. The largest absolute Gasteiger partial charge is 0.464 e. The van der Waals surface area contributed by atoms with Crippen molar-refractivity contribution in [1.82, 2.24) is 9.78 Å². The zero-order chi connectivity index (χ0) is 20.6. The highest BCUT2D eigenvalue weighted by molar-refractivity contribution is 5.46. The molecule has 0 amide bonds. The summed E-state index contributed by atoms with van der Waals surface area (Å²) in [6, 6.07) is 0.260. The van der Waals surface area contributed by atoms with Crippen LogP contribution in [-0.2, 0) is 18.5 Å². The molecule has 2 rings (SSSR count). The number of nitrogens with zero attached hydrogens (tertiary/aromatic N) is 2. The summed E-state index contributed by atoms with van der Waals surface area (Å²) in [5, 5.41) is 3.22. The van der Waals surface area contributed by atoms with Crippen LogP contribution in [0.15, 0.2) is 24.4 Å². The fourth-order valence-corrected chi connectivity index (χ4v) is 2.03. The van der Waals surface area contributed by atoms with Gasteiger partial charge in [0.15, 0.2) is 6.61 Å². The molecular formula is C15H7F9N2O. The molecule has 0 bridgehead atoms. The van der Waals surface area contributed by atoms with E-state index in [4.69, 9.17) is 6.42 Å². The molecule has 0 spiro atoms. The number of benzene rings is 1. The zero-order valence-corrected chi connectivity index (χ0v) is 12.8. The van der Waals surface area contributed by atoms with Crippen LogP contribution in [0.5, 0.6) is 5.88 Å². The molecule has 0 saturated carbocycles. The third-order valence-electron chi connectivity index (χ3n) is 3.14. The van der Waals surface area contributed by atoms with E-state index >= 15 is 0 Å². The first kappa shape index (κ1) is 20.5. The summed E-state index contributed by atoms with van der Waals surface area (Å²) in [5.74, 6) is 0.712. The Morgan fingerprint density at radius 2 is 1.41 bits per heavy atom. The van der Waals surface area contributed by atoms with Gasteiger partial charge in [-0.25, -0.2) is 4.68 Å². The standard InChI is InChI=1S/C15H7F9N2O/c1-2-3-27-12-11(15(22,23)24)7-25-26(12)10-5-8(13(16,17)18)4-9(6-10)14(19,20)21/h1,4-7H,3H2. The first-order valence-electron chi connectivity index (χ1n) is 6.76. The van der Waals surface area contributed by atoms with Crippen molar-refractivity contribution in [3.8, 4) is 23.9 Å². The molecule has 0 aliphatic heterocycles. The molecule has 12 heteroatoms. The van der Waals surface area contributed by atoms with Crippen molar-refractivity contribution in [2.45, 2.75) is 18.5 Å². The lowest BCUT2D eigenvalue weighted by Gasteiger charge is -2.16. The number of hydrogen-bond acceptors (Lipinski definition) is 2. The third kappa shape index (κ3) is 4.47. The molecule has 2 aromatic rings. The minimum absolute atomic E-state index is 0.167. The van der Waals surface area contributed by atoms with Crippen LogP contribution in [0.3, 0.4) is 0 Å². The van der Waals surface area contributed by atoms with Crippen molar-refractivity contribution in [2.75, 3.05) is 6.61 Å². The van der Waals surface area contributed by atoms with Gasteiger partial charge in [0.05, 0.1) is 23.0 Å². The number of terminal acetylenes is 1. The first-order valence-corrected chi connectivity index (χ1v) is 6.76. The fourth-order valence-electron chi connectivity index (χ4n) is 2.03. The smallest absolute Gasteiger partial charge is 0.423 e. The average Bonchev–Trinajstić information content (AvgIpc) is 2.94. The van der Waals surface area contributed by atoms with Crippen LogP contribution in [0.1, 0.15) is 16.7 Å². The molecule has 0 aliphatic carbocycles. The number of ether oxygens (including phenoxy) is 1.